The van der Waals surface area contributed by atoms with E-state index in [1.807, 2.05) is 18.2 Å². The van der Waals surface area contributed by atoms with E-state index in [-0.39, 0.29) is 12.1 Å². The van der Waals surface area contributed by atoms with Gasteiger partial charge in [-0.25, -0.2) is 0 Å². The van der Waals surface area contributed by atoms with Crippen LogP contribution in [0.4, 0.5) is 0 Å². The Balaban J connectivity index is 1.89. The zero-order valence-corrected chi connectivity index (χ0v) is 14.0. The molecule has 3 atom stereocenters. The lowest BCUT2D eigenvalue weighted by atomic mass is 9.89. The first-order valence-electron chi connectivity index (χ1n) is 7.39. The van der Waals surface area contributed by atoms with Gasteiger partial charge in [-0.05, 0) is 42.0 Å². The minimum Gasteiger partial charge on any atom is -0.327 e. The zero-order chi connectivity index (χ0) is 15.2. The first-order valence-corrected chi connectivity index (χ1v) is 8.19. The minimum absolute atomic E-state index is 0.0642. The SMILES string of the molecule is C[C@@H](c1ccc(Br)cc1)C(N)CCC(N)c1ccccc1. The summed E-state index contributed by atoms with van der Waals surface area (Å²) in [6.07, 6.45) is 1.83. The molecule has 0 aliphatic heterocycles. The van der Waals surface area contributed by atoms with E-state index in [0.29, 0.717) is 5.92 Å². The molecule has 2 aromatic rings. The molecule has 0 bridgehead atoms. The van der Waals surface area contributed by atoms with Crippen molar-refractivity contribution in [3.05, 3.63) is 70.2 Å². The van der Waals surface area contributed by atoms with E-state index in [4.69, 9.17) is 11.5 Å². The predicted molar refractivity (Wildman–Crippen MR) is 93.1 cm³/mol. The third-order valence-corrected chi connectivity index (χ3v) is 4.61. The van der Waals surface area contributed by atoms with Crippen molar-refractivity contribution >= 4 is 15.9 Å². The highest BCUT2D eigenvalue weighted by Crippen LogP contribution is 2.24. The molecule has 112 valence electrons. The highest BCUT2D eigenvalue weighted by Gasteiger charge is 2.16. The molecule has 2 aromatic carbocycles. The van der Waals surface area contributed by atoms with Crippen LogP contribution in [0.15, 0.2) is 59.1 Å². The van der Waals surface area contributed by atoms with Gasteiger partial charge < -0.3 is 11.5 Å². The van der Waals surface area contributed by atoms with Crippen LogP contribution in [0.5, 0.6) is 0 Å². The summed E-state index contributed by atoms with van der Waals surface area (Å²) in [5, 5.41) is 0. The van der Waals surface area contributed by atoms with E-state index in [1.165, 1.54) is 11.1 Å². The normalized spacial score (nSPS) is 15.4. The monoisotopic (exact) mass is 346 g/mol. The molecule has 0 spiro atoms. The van der Waals surface area contributed by atoms with Gasteiger partial charge in [0.05, 0.1) is 0 Å². The summed E-state index contributed by atoms with van der Waals surface area (Å²) in [5.74, 6) is 0.334. The Labute approximate surface area is 135 Å². The lowest BCUT2D eigenvalue weighted by molar-refractivity contribution is 0.480. The Hall–Kier alpha value is -1.16. The van der Waals surface area contributed by atoms with Crippen molar-refractivity contribution in [3.63, 3.8) is 0 Å². The maximum atomic E-state index is 6.35. The second-order valence-electron chi connectivity index (χ2n) is 5.60. The second-order valence-corrected chi connectivity index (χ2v) is 6.51. The number of rotatable bonds is 6. The summed E-state index contributed by atoms with van der Waals surface area (Å²) in [6.45, 7) is 2.18. The quantitative estimate of drug-likeness (QED) is 0.816. The fourth-order valence-electron chi connectivity index (χ4n) is 2.50. The summed E-state index contributed by atoms with van der Waals surface area (Å²) in [5.41, 5.74) is 15.0. The highest BCUT2D eigenvalue weighted by atomic mass is 79.9. The van der Waals surface area contributed by atoms with Crippen LogP contribution in [-0.2, 0) is 0 Å². The first kappa shape index (κ1) is 16.2. The molecule has 0 saturated carbocycles. The maximum absolute atomic E-state index is 6.35. The average Bonchev–Trinajstić information content (AvgIpc) is 2.53. The molecule has 2 rings (SSSR count). The lowest BCUT2D eigenvalue weighted by Crippen LogP contribution is -2.28. The van der Waals surface area contributed by atoms with Gasteiger partial charge in [0.15, 0.2) is 0 Å². The Morgan fingerprint density at radius 3 is 2.10 bits per heavy atom. The minimum atomic E-state index is 0.0642. The van der Waals surface area contributed by atoms with E-state index in [2.05, 4.69) is 59.3 Å². The number of hydrogen-bond acceptors (Lipinski definition) is 2. The molecule has 4 N–H and O–H groups in total. The van der Waals surface area contributed by atoms with Crippen molar-refractivity contribution in [2.24, 2.45) is 11.5 Å². The molecule has 0 heterocycles. The third kappa shape index (κ3) is 4.67. The summed E-state index contributed by atoms with van der Waals surface area (Å²) in [4.78, 5) is 0. The topological polar surface area (TPSA) is 52.0 Å². The van der Waals surface area contributed by atoms with Gasteiger partial charge in [0.25, 0.3) is 0 Å². The van der Waals surface area contributed by atoms with Crippen LogP contribution < -0.4 is 11.5 Å². The zero-order valence-electron chi connectivity index (χ0n) is 12.4. The number of benzene rings is 2. The first-order chi connectivity index (χ1) is 10.1. The fourth-order valence-corrected chi connectivity index (χ4v) is 2.77. The molecule has 2 unspecified atom stereocenters. The Kier molecular flexibility index (Phi) is 5.97. The summed E-state index contributed by atoms with van der Waals surface area (Å²) in [6, 6.07) is 18.8. The van der Waals surface area contributed by atoms with Gasteiger partial charge >= 0.3 is 0 Å². The average molecular weight is 347 g/mol. The van der Waals surface area contributed by atoms with Gasteiger partial charge in [-0.2, -0.15) is 0 Å². The van der Waals surface area contributed by atoms with Crippen LogP contribution in [0.25, 0.3) is 0 Å². The largest absolute Gasteiger partial charge is 0.327 e. The Bertz CT molecular complexity index is 539. The van der Waals surface area contributed by atoms with E-state index in [9.17, 15) is 0 Å². The standard InChI is InChI=1S/C18H23BrN2/c1-13(14-7-9-16(19)10-8-14)17(20)11-12-18(21)15-5-3-2-4-6-15/h2-10,13,17-18H,11-12,20-21H2,1H3/t13-,17?,18?/m0/s1. The lowest BCUT2D eigenvalue weighted by Gasteiger charge is -2.22. The molecular weight excluding hydrogens is 324 g/mol. The van der Waals surface area contributed by atoms with Gasteiger partial charge in [-0.3, -0.25) is 0 Å². The molecule has 0 aliphatic rings. The molecule has 0 amide bonds. The van der Waals surface area contributed by atoms with Crippen molar-refractivity contribution in [3.8, 4) is 0 Å². The number of halogens is 1. The smallest absolute Gasteiger partial charge is 0.0295 e. The van der Waals surface area contributed by atoms with E-state index in [0.717, 1.165) is 17.3 Å². The van der Waals surface area contributed by atoms with Gasteiger partial charge in [0.2, 0.25) is 0 Å². The maximum Gasteiger partial charge on any atom is 0.0295 e. The van der Waals surface area contributed by atoms with Crippen LogP contribution in [0, 0.1) is 0 Å². The molecular formula is C18H23BrN2. The van der Waals surface area contributed by atoms with Gasteiger partial charge in [0.1, 0.15) is 0 Å². The number of nitrogens with two attached hydrogens (primary N) is 2. The summed E-state index contributed by atoms with van der Waals surface area (Å²) in [7, 11) is 0. The van der Waals surface area contributed by atoms with E-state index < -0.39 is 0 Å². The van der Waals surface area contributed by atoms with Crippen molar-refractivity contribution in [1.82, 2.24) is 0 Å². The van der Waals surface area contributed by atoms with E-state index >= 15 is 0 Å². The van der Waals surface area contributed by atoms with Gasteiger partial charge in [-0.15, -0.1) is 0 Å². The molecule has 0 saturated heterocycles. The molecule has 0 radical (unpaired) electrons. The summed E-state index contributed by atoms with van der Waals surface area (Å²) < 4.78 is 1.10. The molecule has 0 aliphatic carbocycles. The summed E-state index contributed by atoms with van der Waals surface area (Å²) >= 11 is 3.46. The molecule has 2 nitrogen and oxygen atoms in total. The third-order valence-electron chi connectivity index (χ3n) is 4.08. The Morgan fingerprint density at radius 1 is 0.857 bits per heavy atom. The Morgan fingerprint density at radius 2 is 1.48 bits per heavy atom. The fraction of sp³-hybridized carbons (Fsp3) is 0.333. The molecule has 0 fully saturated rings. The van der Waals surface area contributed by atoms with E-state index in [1.54, 1.807) is 0 Å². The predicted octanol–water partition coefficient (Wildman–Crippen LogP) is 4.36. The molecule has 3 heteroatoms. The second kappa shape index (κ2) is 7.74. The van der Waals surface area contributed by atoms with Gasteiger partial charge in [-0.1, -0.05) is 65.3 Å². The van der Waals surface area contributed by atoms with Crippen molar-refractivity contribution < 1.29 is 0 Å². The number of hydrogen-bond donors (Lipinski definition) is 2. The molecule has 0 aromatic heterocycles. The van der Waals surface area contributed by atoms with Crippen molar-refractivity contribution in [2.75, 3.05) is 0 Å². The van der Waals surface area contributed by atoms with Crippen LogP contribution in [0.3, 0.4) is 0 Å². The van der Waals surface area contributed by atoms with Crippen LogP contribution in [0.1, 0.15) is 42.9 Å². The van der Waals surface area contributed by atoms with Crippen molar-refractivity contribution in [1.29, 1.82) is 0 Å². The van der Waals surface area contributed by atoms with Crippen LogP contribution in [0.2, 0.25) is 0 Å². The highest BCUT2D eigenvalue weighted by molar-refractivity contribution is 9.10. The van der Waals surface area contributed by atoms with Crippen molar-refractivity contribution in [2.45, 2.75) is 37.8 Å². The van der Waals surface area contributed by atoms with Crippen LogP contribution >= 0.6 is 15.9 Å². The van der Waals surface area contributed by atoms with Gasteiger partial charge in [0, 0.05) is 16.6 Å². The molecule has 21 heavy (non-hydrogen) atoms. The van der Waals surface area contributed by atoms with Crippen LogP contribution in [-0.4, -0.2) is 6.04 Å².